The molecule has 2 bridgehead atoms. The molecule has 0 spiro atoms. The van der Waals surface area contributed by atoms with Crippen molar-refractivity contribution in [3.8, 4) is 0 Å². The van der Waals surface area contributed by atoms with Crippen LogP contribution < -0.4 is 5.32 Å². The number of nitrogens with one attached hydrogen (secondary N) is 1. The zero-order chi connectivity index (χ0) is 14.1. The van der Waals surface area contributed by atoms with Crippen molar-refractivity contribution in [2.45, 2.75) is 19.8 Å². The molecule has 0 saturated heterocycles. The van der Waals surface area contributed by atoms with E-state index in [1.807, 2.05) is 25.1 Å². The van der Waals surface area contributed by atoms with Gasteiger partial charge in [-0.25, -0.2) is 4.79 Å². The number of allylic oxidation sites excluding steroid dienone is 2. The number of hydrogen-bond acceptors (Lipinski definition) is 3. The van der Waals surface area contributed by atoms with Crippen molar-refractivity contribution < 1.29 is 9.53 Å². The third-order valence-electron chi connectivity index (χ3n) is 4.71. The van der Waals surface area contributed by atoms with Crippen molar-refractivity contribution in [2.24, 2.45) is 17.8 Å². The third kappa shape index (κ3) is 2.33. The molecule has 106 valence electrons. The van der Waals surface area contributed by atoms with Gasteiger partial charge >= 0.3 is 5.97 Å². The molecule has 2 aliphatic rings. The number of anilines is 1. The van der Waals surface area contributed by atoms with E-state index in [1.54, 1.807) is 0 Å². The summed E-state index contributed by atoms with van der Waals surface area (Å²) in [5.74, 6) is 2.01. The SMILES string of the molecule is COC(=O)c1cccc(NCC2CC3C=CC2C3)c1C. The minimum atomic E-state index is -0.269. The lowest BCUT2D eigenvalue weighted by Gasteiger charge is -2.20. The third-order valence-corrected chi connectivity index (χ3v) is 4.71. The fourth-order valence-electron chi connectivity index (χ4n) is 3.53. The second-order valence-corrected chi connectivity index (χ2v) is 5.89. The van der Waals surface area contributed by atoms with Crippen molar-refractivity contribution in [3.05, 3.63) is 41.5 Å². The molecule has 1 aromatic carbocycles. The maximum absolute atomic E-state index is 11.7. The molecule has 3 unspecified atom stereocenters. The van der Waals surface area contributed by atoms with E-state index < -0.39 is 0 Å². The van der Waals surface area contributed by atoms with Gasteiger partial charge in [0, 0.05) is 12.2 Å². The van der Waals surface area contributed by atoms with Gasteiger partial charge in [-0.3, -0.25) is 0 Å². The van der Waals surface area contributed by atoms with Crippen LogP contribution in [0.15, 0.2) is 30.4 Å². The molecule has 0 aliphatic heterocycles. The van der Waals surface area contributed by atoms with Crippen LogP contribution in [0.5, 0.6) is 0 Å². The van der Waals surface area contributed by atoms with Crippen LogP contribution in [0.3, 0.4) is 0 Å². The fourth-order valence-corrected chi connectivity index (χ4v) is 3.53. The van der Waals surface area contributed by atoms with Crippen LogP contribution in [-0.2, 0) is 4.74 Å². The lowest BCUT2D eigenvalue weighted by Crippen LogP contribution is -2.19. The lowest BCUT2D eigenvalue weighted by atomic mass is 9.93. The summed E-state index contributed by atoms with van der Waals surface area (Å²) < 4.78 is 4.81. The van der Waals surface area contributed by atoms with Crippen LogP contribution in [0.4, 0.5) is 5.69 Å². The first-order chi connectivity index (χ1) is 9.69. The number of methoxy groups -OCH3 is 1. The molecule has 0 aromatic heterocycles. The van der Waals surface area contributed by atoms with Gasteiger partial charge in [0.15, 0.2) is 0 Å². The van der Waals surface area contributed by atoms with Gasteiger partial charge < -0.3 is 10.1 Å². The van der Waals surface area contributed by atoms with Gasteiger partial charge in [0.2, 0.25) is 0 Å². The molecule has 3 nitrogen and oxygen atoms in total. The zero-order valence-corrected chi connectivity index (χ0v) is 12.1. The molecule has 1 aromatic rings. The van der Waals surface area contributed by atoms with Gasteiger partial charge in [-0.1, -0.05) is 18.2 Å². The lowest BCUT2D eigenvalue weighted by molar-refractivity contribution is 0.0600. The molecule has 0 radical (unpaired) electrons. The highest BCUT2D eigenvalue weighted by Gasteiger charge is 2.35. The van der Waals surface area contributed by atoms with Crippen molar-refractivity contribution in [3.63, 3.8) is 0 Å². The van der Waals surface area contributed by atoms with E-state index in [0.717, 1.165) is 35.5 Å². The van der Waals surface area contributed by atoms with Crippen LogP contribution in [0.2, 0.25) is 0 Å². The van der Waals surface area contributed by atoms with Crippen molar-refractivity contribution in [1.29, 1.82) is 0 Å². The smallest absolute Gasteiger partial charge is 0.338 e. The average Bonchev–Trinajstić information content (AvgIpc) is 3.08. The Bertz CT molecular complexity index is 550. The number of esters is 1. The Morgan fingerprint density at radius 2 is 2.20 bits per heavy atom. The van der Waals surface area contributed by atoms with E-state index in [1.165, 1.54) is 20.0 Å². The van der Waals surface area contributed by atoms with Gasteiger partial charge in [-0.2, -0.15) is 0 Å². The molecule has 1 saturated carbocycles. The summed E-state index contributed by atoms with van der Waals surface area (Å²) in [6, 6.07) is 5.75. The Labute approximate surface area is 120 Å². The largest absolute Gasteiger partial charge is 0.465 e. The van der Waals surface area contributed by atoms with E-state index in [2.05, 4.69) is 17.5 Å². The normalized spacial score (nSPS) is 26.8. The predicted octanol–water partition coefficient (Wildman–Crippen LogP) is 3.41. The number of rotatable bonds is 4. The summed E-state index contributed by atoms with van der Waals surface area (Å²) in [7, 11) is 1.42. The summed E-state index contributed by atoms with van der Waals surface area (Å²) in [6.07, 6.45) is 7.36. The van der Waals surface area contributed by atoms with Gasteiger partial charge in [0.1, 0.15) is 0 Å². The monoisotopic (exact) mass is 271 g/mol. The summed E-state index contributed by atoms with van der Waals surface area (Å²) in [5.41, 5.74) is 2.66. The molecule has 1 fully saturated rings. The maximum atomic E-state index is 11.7. The number of benzene rings is 1. The number of fused-ring (bicyclic) bond motifs is 2. The van der Waals surface area contributed by atoms with Crippen molar-refractivity contribution >= 4 is 11.7 Å². The number of ether oxygens (including phenoxy) is 1. The van der Waals surface area contributed by atoms with Crippen LogP contribution in [0, 0.1) is 24.7 Å². The molecule has 0 heterocycles. The molecular weight excluding hydrogens is 250 g/mol. The molecule has 1 N–H and O–H groups in total. The Hall–Kier alpha value is -1.77. The highest BCUT2D eigenvalue weighted by molar-refractivity contribution is 5.92. The molecule has 3 heteroatoms. The second kappa shape index (κ2) is 5.31. The standard InChI is InChI=1S/C17H21NO2/c1-11-15(17(19)20-2)4-3-5-16(11)18-10-14-9-12-6-7-13(14)8-12/h3-7,12-14,18H,8-10H2,1-2H3. The highest BCUT2D eigenvalue weighted by atomic mass is 16.5. The molecule has 20 heavy (non-hydrogen) atoms. The van der Waals surface area contributed by atoms with E-state index in [4.69, 9.17) is 4.74 Å². The number of carbonyl (C=O) groups is 1. The van der Waals surface area contributed by atoms with E-state index in [9.17, 15) is 4.79 Å². The first kappa shape index (κ1) is 13.2. The predicted molar refractivity (Wildman–Crippen MR) is 79.9 cm³/mol. The number of hydrogen-bond donors (Lipinski definition) is 1. The summed E-state index contributed by atoms with van der Waals surface area (Å²) in [5, 5.41) is 3.52. The Morgan fingerprint density at radius 1 is 1.35 bits per heavy atom. The minimum absolute atomic E-state index is 0.269. The van der Waals surface area contributed by atoms with Crippen molar-refractivity contribution in [2.75, 3.05) is 19.0 Å². The topological polar surface area (TPSA) is 38.3 Å². The Morgan fingerprint density at radius 3 is 2.85 bits per heavy atom. The van der Waals surface area contributed by atoms with Crippen LogP contribution in [0.1, 0.15) is 28.8 Å². The van der Waals surface area contributed by atoms with Gasteiger partial charge in [0.25, 0.3) is 0 Å². The van der Waals surface area contributed by atoms with Crippen LogP contribution in [-0.4, -0.2) is 19.6 Å². The quantitative estimate of drug-likeness (QED) is 0.673. The first-order valence-electron chi connectivity index (χ1n) is 7.29. The van der Waals surface area contributed by atoms with Gasteiger partial charge in [-0.15, -0.1) is 0 Å². The van der Waals surface area contributed by atoms with E-state index >= 15 is 0 Å². The maximum Gasteiger partial charge on any atom is 0.338 e. The Kier molecular flexibility index (Phi) is 3.51. The molecule has 2 aliphatic carbocycles. The first-order valence-corrected chi connectivity index (χ1v) is 7.29. The van der Waals surface area contributed by atoms with E-state index in [0.29, 0.717) is 5.56 Å². The number of carbonyl (C=O) groups excluding carboxylic acids is 1. The fraction of sp³-hybridized carbons (Fsp3) is 0.471. The Balaban J connectivity index is 1.69. The average molecular weight is 271 g/mol. The highest BCUT2D eigenvalue weighted by Crippen LogP contribution is 2.43. The molecular formula is C17H21NO2. The van der Waals surface area contributed by atoms with Gasteiger partial charge in [-0.05, 0) is 55.2 Å². The van der Waals surface area contributed by atoms with Crippen LogP contribution in [0.25, 0.3) is 0 Å². The molecule has 3 rings (SSSR count). The van der Waals surface area contributed by atoms with Crippen molar-refractivity contribution in [1.82, 2.24) is 0 Å². The summed E-state index contributed by atoms with van der Waals surface area (Å²) in [4.78, 5) is 11.7. The van der Waals surface area contributed by atoms with Gasteiger partial charge in [0.05, 0.1) is 12.7 Å². The summed E-state index contributed by atoms with van der Waals surface area (Å²) in [6.45, 7) is 2.95. The summed E-state index contributed by atoms with van der Waals surface area (Å²) >= 11 is 0. The molecule has 3 atom stereocenters. The molecule has 0 amide bonds. The van der Waals surface area contributed by atoms with Crippen LogP contribution >= 0.6 is 0 Å². The van der Waals surface area contributed by atoms with E-state index in [-0.39, 0.29) is 5.97 Å². The minimum Gasteiger partial charge on any atom is -0.465 e. The zero-order valence-electron chi connectivity index (χ0n) is 12.1. The second-order valence-electron chi connectivity index (χ2n) is 5.89.